The van der Waals surface area contributed by atoms with Gasteiger partial charge in [0, 0.05) is 24.4 Å². The van der Waals surface area contributed by atoms with Crippen molar-refractivity contribution in [2.45, 2.75) is 39.8 Å². The Bertz CT molecular complexity index is 821. The summed E-state index contributed by atoms with van der Waals surface area (Å²) in [6.45, 7) is 4.15. The summed E-state index contributed by atoms with van der Waals surface area (Å²) in [6, 6.07) is 9.17. The second-order valence-electron chi connectivity index (χ2n) is 6.94. The quantitative estimate of drug-likeness (QED) is 0.347. The van der Waals surface area contributed by atoms with Crippen molar-refractivity contribution in [1.82, 2.24) is 25.8 Å². The minimum atomic E-state index is -0.612. The standard InChI is InChI=1S/C19H26N6O4/c1-13(2)16(10-18(27)23-29)19(28)20-11-15-12-25(24-22-15)9-8-17(26)21-14-6-4-3-5-7-14/h3-7,12-13,16,29H,8-11H2,1-2H3,(H,20,28)(H,21,26)(H,23,27). The van der Waals surface area contributed by atoms with Crippen LogP contribution in [-0.4, -0.2) is 37.9 Å². The first kappa shape index (κ1) is 22.0. The van der Waals surface area contributed by atoms with Gasteiger partial charge in [-0.1, -0.05) is 37.3 Å². The first-order valence-electron chi connectivity index (χ1n) is 9.33. The molecule has 0 bridgehead atoms. The highest BCUT2D eigenvalue weighted by atomic mass is 16.5. The first-order chi connectivity index (χ1) is 13.9. The van der Waals surface area contributed by atoms with Gasteiger partial charge in [0.2, 0.25) is 17.7 Å². The van der Waals surface area contributed by atoms with E-state index in [1.807, 2.05) is 44.2 Å². The van der Waals surface area contributed by atoms with E-state index < -0.39 is 11.8 Å². The van der Waals surface area contributed by atoms with Gasteiger partial charge in [0.15, 0.2) is 0 Å². The van der Waals surface area contributed by atoms with E-state index in [2.05, 4.69) is 20.9 Å². The Kier molecular flexibility index (Phi) is 8.28. The zero-order valence-corrected chi connectivity index (χ0v) is 16.5. The van der Waals surface area contributed by atoms with Crippen molar-refractivity contribution in [2.75, 3.05) is 5.32 Å². The molecule has 1 aromatic carbocycles. The molecule has 156 valence electrons. The third-order valence-electron chi connectivity index (χ3n) is 4.33. The number of hydroxylamine groups is 1. The van der Waals surface area contributed by atoms with Crippen LogP contribution in [0, 0.1) is 11.8 Å². The van der Waals surface area contributed by atoms with E-state index in [0.717, 1.165) is 5.69 Å². The van der Waals surface area contributed by atoms with Crippen LogP contribution < -0.4 is 16.1 Å². The number of carbonyl (C=O) groups excluding carboxylic acids is 3. The van der Waals surface area contributed by atoms with Crippen LogP contribution in [0.4, 0.5) is 5.69 Å². The molecule has 1 aromatic heterocycles. The number of aryl methyl sites for hydroxylation is 1. The third-order valence-corrected chi connectivity index (χ3v) is 4.33. The first-order valence-corrected chi connectivity index (χ1v) is 9.33. The van der Waals surface area contributed by atoms with Gasteiger partial charge < -0.3 is 10.6 Å². The second kappa shape index (κ2) is 10.9. The maximum absolute atomic E-state index is 12.3. The van der Waals surface area contributed by atoms with Crippen molar-refractivity contribution < 1.29 is 19.6 Å². The summed E-state index contributed by atoms with van der Waals surface area (Å²) in [5, 5.41) is 22.1. The minimum absolute atomic E-state index is 0.0777. The fourth-order valence-corrected chi connectivity index (χ4v) is 2.68. The largest absolute Gasteiger partial charge is 0.350 e. The number of anilines is 1. The summed E-state index contributed by atoms with van der Waals surface area (Å²) in [5.41, 5.74) is 2.81. The number of nitrogens with zero attached hydrogens (tertiary/aromatic N) is 3. The minimum Gasteiger partial charge on any atom is -0.350 e. The van der Waals surface area contributed by atoms with Gasteiger partial charge in [0.1, 0.15) is 5.69 Å². The highest BCUT2D eigenvalue weighted by Crippen LogP contribution is 2.15. The number of para-hydroxylation sites is 1. The topological polar surface area (TPSA) is 138 Å². The average Bonchev–Trinajstić information content (AvgIpc) is 3.17. The summed E-state index contributed by atoms with van der Waals surface area (Å²) in [6.07, 6.45) is 1.78. The Balaban J connectivity index is 1.79. The highest BCUT2D eigenvalue weighted by molar-refractivity contribution is 5.90. The number of hydrogen-bond donors (Lipinski definition) is 4. The molecule has 3 amide bonds. The molecular formula is C19H26N6O4. The lowest BCUT2D eigenvalue weighted by Gasteiger charge is -2.18. The molecule has 0 fully saturated rings. The highest BCUT2D eigenvalue weighted by Gasteiger charge is 2.25. The van der Waals surface area contributed by atoms with Crippen LogP contribution in [0.2, 0.25) is 0 Å². The Hall–Kier alpha value is -3.27. The summed E-state index contributed by atoms with van der Waals surface area (Å²) < 4.78 is 1.53. The normalized spacial score (nSPS) is 11.7. The molecule has 1 atom stereocenters. The van der Waals surface area contributed by atoms with E-state index in [0.29, 0.717) is 12.2 Å². The van der Waals surface area contributed by atoms with Crippen LogP contribution in [0.1, 0.15) is 32.4 Å². The Labute approximate surface area is 168 Å². The van der Waals surface area contributed by atoms with Crippen LogP contribution in [-0.2, 0) is 27.5 Å². The van der Waals surface area contributed by atoms with E-state index in [9.17, 15) is 14.4 Å². The van der Waals surface area contributed by atoms with Crippen LogP contribution in [0.15, 0.2) is 36.5 Å². The molecule has 10 heteroatoms. The molecule has 29 heavy (non-hydrogen) atoms. The van der Waals surface area contributed by atoms with E-state index >= 15 is 0 Å². The molecule has 0 aliphatic heterocycles. The number of aromatic nitrogens is 3. The molecule has 0 radical (unpaired) electrons. The number of rotatable bonds is 10. The van der Waals surface area contributed by atoms with Crippen molar-refractivity contribution in [3.05, 3.63) is 42.2 Å². The van der Waals surface area contributed by atoms with Crippen LogP contribution in [0.3, 0.4) is 0 Å². The number of amides is 3. The van der Waals surface area contributed by atoms with Gasteiger partial charge in [-0.15, -0.1) is 5.10 Å². The van der Waals surface area contributed by atoms with Gasteiger partial charge >= 0.3 is 0 Å². The van der Waals surface area contributed by atoms with Gasteiger partial charge in [0.25, 0.3) is 0 Å². The predicted molar refractivity (Wildman–Crippen MR) is 104 cm³/mol. The maximum Gasteiger partial charge on any atom is 0.244 e. The number of hydrogen-bond acceptors (Lipinski definition) is 6. The second-order valence-corrected chi connectivity index (χ2v) is 6.94. The fourth-order valence-electron chi connectivity index (χ4n) is 2.68. The third kappa shape index (κ3) is 7.34. The summed E-state index contributed by atoms with van der Waals surface area (Å²) in [7, 11) is 0. The van der Waals surface area contributed by atoms with Crippen LogP contribution in [0.5, 0.6) is 0 Å². The molecule has 1 unspecified atom stereocenters. The summed E-state index contributed by atoms with van der Waals surface area (Å²) in [4.78, 5) is 35.7. The van der Waals surface area contributed by atoms with Gasteiger partial charge in [-0.25, -0.2) is 5.48 Å². The van der Waals surface area contributed by atoms with E-state index in [-0.39, 0.29) is 37.1 Å². The van der Waals surface area contributed by atoms with Gasteiger partial charge in [-0.05, 0) is 18.1 Å². The van der Waals surface area contributed by atoms with Gasteiger partial charge in [-0.2, -0.15) is 0 Å². The number of carbonyl (C=O) groups is 3. The average molecular weight is 402 g/mol. The SMILES string of the molecule is CC(C)C(CC(=O)NO)C(=O)NCc1cn(CCC(=O)Nc2ccccc2)nn1. The molecule has 2 aromatic rings. The molecule has 10 nitrogen and oxygen atoms in total. The smallest absolute Gasteiger partial charge is 0.244 e. The van der Waals surface area contributed by atoms with Crippen molar-refractivity contribution >= 4 is 23.4 Å². The van der Waals surface area contributed by atoms with E-state index in [4.69, 9.17) is 5.21 Å². The van der Waals surface area contributed by atoms with Crippen molar-refractivity contribution in [3.8, 4) is 0 Å². The lowest BCUT2D eigenvalue weighted by molar-refractivity contribution is -0.136. The molecule has 0 aliphatic rings. The summed E-state index contributed by atoms with van der Waals surface area (Å²) >= 11 is 0. The molecular weight excluding hydrogens is 376 g/mol. The van der Waals surface area contributed by atoms with E-state index in [1.54, 1.807) is 11.7 Å². The van der Waals surface area contributed by atoms with Crippen LogP contribution >= 0.6 is 0 Å². The molecule has 0 aliphatic carbocycles. The molecule has 0 spiro atoms. The Morgan fingerprint density at radius 2 is 1.86 bits per heavy atom. The Morgan fingerprint density at radius 1 is 1.14 bits per heavy atom. The zero-order chi connectivity index (χ0) is 21.2. The molecule has 0 saturated carbocycles. The van der Waals surface area contributed by atoms with Crippen LogP contribution in [0.25, 0.3) is 0 Å². The van der Waals surface area contributed by atoms with Gasteiger partial charge in [0.05, 0.1) is 19.3 Å². The monoisotopic (exact) mass is 402 g/mol. The predicted octanol–water partition coefficient (Wildman–Crippen LogP) is 1.09. The molecule has 0 saturated heterocycles. The van der Waals surface area contributed by atoms with Crippen molar-refractivity contribution in [1.29, 1.82) is 0 Å². The summed E-state index contributed by atoms with van der Waals surface area (Å²) in [5.74, 6) is -1.70. The maximum atomic E-state index is 12.3. The number of benzene rings is 1. The number of nitrogens with one attached hydrogen (secondary N) is 3. The molecule has 2 rings (SSSR count). The zero-order valence-electron chi connectivity index (χ0n) is 16.5. The molecule has 4 N–H and O–H groups in total. The fraction of sp³-hybridized carbons (Fsp3) is 0.421. The van der Waals surface area contributed by atoms with E-state index in [1.165, 1.54) is 4.68 Å². The van der Waals surface area contributed by atoms with Crippen molar-refractivity contribution in [3.63, 3.8) is 0 Å². The molecule has 1 heterocycles. The van der Waals surface area contributed by atoms with Gasteiger partial charge in [-0.3, -0.25) is 24.3 Å². The van der Waals surface area contributed by atoms with Crippen molar-refractivity contribution in [2.24, 2.45) is 11.8 Å². The lowest BCUT2D eigenvalue weighted by atomic mass is 9.91. The lowest BCUT2D eigenvalue weighted by Crippen LogP contribution is -2.36. The Morgan fingerprint density at radius 3 is 2.52 bits per heavy atom.